The van der Waals surface area contributed by atoms with Crippen LogP contribution in [0.4, 0.5) is 5.69 Å². The molecular formula is C21H18N4. The Bertz CT molecular complexity index is 1050. The summed E-state index contributed by atoms with van der Waals surface area (Å²) >= 11 is 0. The van der Waals surface area contributed by atoms with Gasteiger partial charge in [0.1, 0.15) is 5.82 Å². The van der Waals surface area contributed by atoms with Gasteiger partial charge >= 0.3 is 0 Å². The summed E-state index contributed by atoms with van der Waals surface area (Å²) in [6.45, 7) is 3.08. The SMILES string of the molecule is CCN1c2ccccc2-c2nc3ccccc3n2[C@@H]1c1ccccn1. The second-order valence-electron chi connectivity index (χ2n) is 6.23. The first kappa shape index (κ1) is 14.2. The number of imidazole rings is 1. The zero-order valence-corrected chi connectivity index (χ0v) is 14.0. The van der Waals surface area contributed by atoms with Crippen LogP contribution in [0.1, 0.15) is 18.8 Å². The van der Waals surface area contributed by atoms with Crippen molar-refractivity contribution in [1.82, 2.24) is 14.5 Å². The van der Waals surface area contributed by atoms with Crippen LogP contribution < -0.4 is 4.90 Å². The van der Waals surface area contributed by atoms with Gasteiger partial charge in [0.15, 0.2) is 6.17 Å². The number of para-hydroxylation sites is 3. The number of anilines is 1. The Labute approximate surface area is 146 Å². The van der Waals surface area contributed by atoms with Gasteiger partial charge in [0.25, 0.3) is 0 Å². The van der Waals surface area contributed by atoms with Gasteiger partial charge in [-0.05, 0) is 43.3 Å². The minimum Gasteiger partial charge on any atom is -0.345 e. The fraction of sp³-hybridized carbons (Fsp3) is 0.143. The average Bonchev–Trinajstić information content (AvgIpc) is 3.07. The molecule has 25 heavy (non-hydrogen) atoms. The summed E-state index contributed by atoms with van der Waals surface area (Å²) in [6.07, 6.45) is 1.87. The number of hydrogen-bond donors (Lipinski definition) is 0. The van der Waals surface area contributed by atoms with E-state index in [0.29, 0.717) is 0 Å². The summed E-state index contributed by atoms with van der Waals surface area (Å²) in [5.41, 5.74) is 5.58. The lowest BCUT2D eigenvalue weighted by Crippen LogP contribution is -2.37. The van der Waals surface area contributed by atoms with Crippen LogP contribution in [0.5, 0.6) is 0 Å². The molecule has 4 aromatic rings. The van der Waals surface area contributed by atoms with E-state index in [4.69, 9.17) is 4.98 Å². The van der Waals surface area contributed by atoms with E-state index in [9.17, 15) is 0 Å². The maximum absolute atomic E-state index is 4.95. The van der Waals surface area contributed by atoms with Crippen LogP contribution in [-0.2, 0) is 0 Å². The van der Waals surface area contributed by atoms with Gasteiger partial charge in [-0.2, -0.15) is 0 Å². The Morgan fingerprint density at radius 1 is 0.920 bits per heavy atom. The number of aromatic nitrogens is 3. The molecule has 1 aliphatic rings. The Kier molecular flexibility index (Phi) is 3.10. The van der Waals surface area contributed by atoms with E-state index in [2.05, 4.69) is 76.0 Å². The van der Waals surface area contributed by atoms with E-state index in [-0.39, 0.29) is 6.17 Å². The molecule has 2 aromatic carbocycles. The Morgan fingerprint density at radius 2 is 1.72 bits per heavy atom. The summed E-state index contributed by atoms with van der Waals surface area (Å²) in [5, 5.41) is 0. The predicted octanol–water partition coefficient (Wildman–Crippen LogP) is 4.49. The molecule has 122 valence electrons. The van der Waals surface area contributed by atoms with Gasteiger partial charge < -0.3 is 4.90 Å². The number of benzene rings is 2. The second-order valence-corrected chi connectivity index (χ2v) is 6.23. The van der Waals surface area contributed by atoms with Crippen LogP contribution in [0.15, 0.2) is 72.9 Å². The normalized spacial score (nSPS) is 15.9. The molecule has 0 unspecified atom stereocenters. The van der Waals surface area contributed by atoms with Crippen molar-refractivity contribution in [2.75, 3.05) is 11.4 Å². The molecule has 0 radical (unpaired) electrons. The van der Waals surface area contributed by atoms with Crippen LogP contribution in [0, 0.1) is 0 Å². The minimum absolute atomic E-state index is 0.00324. The van der Waals surface area contributed by atoms with Crippen molar-refractivity contribution < 1.29 is 0 Å². The third-order valence-electron chi connectivity index (χ3n) is 4.88. The van der Waals surface area contributed by atoms with Crippen molar-refractivity contribution in [2.24, 2.45) is 0 Å². The summed E-state index contributed by atoms with van der Waals surface area (Å²) in [7, 11) is 0. The predicted molar refractivity (Wildman–Crippen MR) is 101 cm³/mol. The molecule has 3 heterocycles. The van der Waals surface area contributed by atoms with Gasteiger partial charge in [-0.15, -0.1) is 0 Å². The highest BCUT2D eigenvalue weighted by molar-refractivity contribution is 5.87. The van der Waals surface area contributed by atoms with E-state index in [1.54, 1.807) is 0 Å². The van der Waals surface area contributed by atoms with Gasteiger partial charge in [0.05, 0.1) is 16.7 Å². The quantitative estimate of drug-likeness (QED) is 0.544. The maximum atomic E-state index is 4.95. The van der Waals surface area contributed by atoms with Gasteiger partial charge in [-0.3, -0.25) is 9.55 Å². The lowest BCUT2D eigenvalue weighted by Gasteiger charge is -2.39. The number of rotatable bonds is 2. The zero-order valence-electron chi connectivity index (χ0n) is 14.0. The van der Waals surface area contributed by atoms with Crippen LogP contribution in [0.25, 0.3) is 22.4 Å². The number of nitrogens with zero attached hydrogens (tertiary/aromatic N) is 4. The van der Waals surface area contributed by atoms with Crippen molar-refractivity contribution >= 4 is 16.7 Å². The highest BCUT2D eigenvalue weighted by atomic mass is 15.3. The molecule has 0 saturated carbocycles. The van der Waals surface area contributed by atoms with Crippen molar-refractivity contribution in [3.05, 3.63) is 78.6 Å². The number of hydrogen-bond acceptors (Lipinski definition) is 3. The highest BCUT2D eigenvalue weighted by Gasteiger charge is 2.33. The molecule has 0 N–H and O–H groups in total. The second kappa shape index (κ2) is 5.45. The topological polar surface area (TPSA) is 34.0 Å². The van der Waals surface area contributed by atoms with Gasteiger partial charge in [-0.25, -0.2) is 4.98 Å². The fourth-order valence-corrected chi connectivity index (χ4v) is 3.83. The van der Waals surface area contributed by atoms with E-state index in [1.807, 2.05) is 18.3 Å². The third kappa shape index (κ3) is 2.00. The summed E-state index contributed by atoms with van der Waals surface area (Å²) in [6, 6.07) is 23.0. The summed E-state index contributed by atoms with van der Waals surface area (Å²) in [4.78, 5) is 12.0. The first-order valence-electron chi connectivity index (χ1n) is 8.62. The Balaban J connectivity index is 1.89. The molecule has 1 atom stereocenters. The fourth-order valence-electron chi connectivity index (χ4n) is 3.83. The van der Waals surface area contributed by atoms with Crippen LogP contribution in [0.2, 0.25) is 0 Å². The van der Waals surface area contributed by atoms with E-state index in [0.717, 1.165) is 29.1 Å². The van der Waals surface area contributed by atoms with Gasteiger partial charge in [0.2, 0.25) is 0 Å². The van der Waals surface area contributed by atoms with Gasteiger partial charge in [-0.1, -0.05) is 30.3 Å². The van der Waals surface area contributed by atoms with Gasteiger partial charge in [0, 0.05) is 24.0 Å². The summed E-state index contributed by atoms with van der Waals surface area (Å²) in [5.74, 6) is 1.01. The molecule has 1 aliphatic heterocycles. The number of pyridine rings is 1. The van der Waals surface area contributed by atoms with Crippen LogP contribution in [0.3, 0.4) is 0 Å². The molecular weight excluding hydrogens is 308 g/mol. The minimum atomic E-state index is 0.00324. The maximum Gasteiger partial charge on any atom is 0.151 e. The lowest BCUT2D eigenvalue weighted by atomic mass is 10.1. The molecule has 0 bridgehead atoms. The molecule has 0 aliphatic carbocycles. The Morgan fingerprint density at radius 3 is 2.56 bits per heavy atom. The van der Waals surface area contributed by atoms with Crippen LogP contribution in [-0.4, -0.2) is 21.1 Å². The first-order chi connectivity index (χ1) is 12.4. The molecule has 4 heteroatoms. The van der Waals surface area contributed by atoms with Crippen molar-refractivity contribution in [1.29, 1.82) is 0 Å². The standard InChI is InChI=1S/C21H18N4/c1-2-24-18-12-5-3-9-15(18)20-23-16-10-4-6-13-19(16)25(20)21(24)17-11-7-8-14-22-17/h3-14,21H,2H2,1H3/t21-/m1/s1. The van der Waals surface area contributed by atoms with E-state index < -0.39 is 0 Å². The van der Waals surface area contributed by atoms with Crippen molar-refractivity contribution in [2.45, 2.75) is 13.1 Å². The van der Waals surface area contributed by atoms with E-state index >= 15 is 0 Å². The molecule has 0 amide bonds. The monoisotopic (exact) mass is 326 g/mol. The molecule has 0 saturated heterocycles. The van der Waals surface area contributed by atoms with Crippen LogP contribution >= 0.6 is 0 Å². The first-order valence-corrected chi connectivity index (χ1v) is 8.62. The Hall–Kier alpha value is -3.14. The lowest BCUT2D eigenvalue weighted by molar-refractivity contribution is 0.542. The zero-order chi connectivity index (χ0) is 16.8. The average molecular weight is 326 g/mol. The highest BCUT2D eigenvalue weighted by Crippen LogP contribution is 2.43. The smallest absolute Gasteiger partial charge is 0.151 e. The van der Waals surface area contributed by atoms with E-state index in [1.165, 1.54) is 11.3 Å². The third-order valence-corrected chi connectivity index (χ3v) is 4.88. The molecule has 4 nitrogen and oxygen atoms in total. The largest absolute Gasteiger partial charge is 0.345 e. The molecule has 0 spiro atoms. The number of fused-ring (bicyclic) bond motifs is 5. The molecule has 0 fully saturated rings. The molecule has 2 aromatic heterocycles. The molecule has 5 rings (SSSR count). The summed E-state index contributed by atoms with van der Waals surface area (Å²) < 4.78 is 2.32. The van der Waals surface area contributed by atoms with Crippen molar-refractivity contribution in [3.63, 3.8) is 0 Å². The van der Waals surface area contributed by atoms with Crippen molar-refractivity contribution in [3.8, 4) is 11.4 Å².